The fourth-order valence-electron chi connectivity index (χ4n) is 6.69. The van der Waals surface area contributed by atoms with Crippen LogP contribution in [0.1, 0.15) is 64.0 Å². The van der Waals surface area contributed by atoms with Crippen LogP contribution in [0.25, 0.3) is 22.5 Å². The van der Waals surface area contributed by atoms with Crippen LogP contribution in [0.3, 0.4) is 0 Å². The molecule has 4 aromatic rings. The predicted octanol–water partition coefficient (Wildman–Crippen LogP) is 2.37. The molecule has 0 spiro atoms. The van der Waals surface area contributed by atoms with Crippen molar-refractivity contribution in [1.29, 1.82) is 0 Å². The lowest BCUT2D eigenvalue weighted by atomic mass is 9.98. The Morgan fingerprint density at radius 1 is 0.721 bits per heavy atom. The van der Waals surface area contributed by atoms with E-state index in [9.17, 15) is 24.0 Å². The Bertz CT molecular complexity index is 2140. The van der Waals surface area contributed by atoms with Crippen molar-refractivity contribution in [2.45, 2.75) is 72.5 Å². The summed E-state index contributed by atoms with van der Waals surface area (Å²) in [7, 11) is 0. The maximum Gasteiger partial charge on any atom is 0.246 e. The molecule has 4 rings (SSSR count). The molecule has 0 saturated heterocycles. The fourth-order valence-corrected chi connectivity index (χ4v) is 6.95. The number of amides is 5. The van der Waals surface area contributed by atoms with E-state index < -0.39 is 24.5 Å². The van der Waals surface area contributed by atoms with Crippen LogP contribution >= 0.6 is 11.6 Å². The Hall–Kier alpha value is -5.84. The number of carbonyl (C=O) groups is 5. The van der Waals surface area contributed by atoms with Crippen LogP contribution in [-0.4, -0.2) is 151 Å². The Kier molecular flexibility index (Phi) is 25.2. The van der Waals surface area contributed by atoms with E-state index in [0.717, 1.165) is 40.9 Å². The highest BCUT2D eigenvalue weighted by Crippen LogP contribution is 2.30. The van der Waals surface area contributed by atoms with Gasteiger partial charge in [0.25, 0.3) is 0 Å². The lowest BCUT2D eigenvalue weighted by molar-refractivity contribution is -0.134. The van der Waals surface area contributed by atoms with Gasteiger partial charge in [-0.3, -0.25) is 24.0 Å². The first-order valence-electron chi connectivity index (χ1n) is 22.9. The molecule has 0 aliphatic carbocycles. The molecule has 0 fully saturated rings. The van der Waals surface area contributed by atoms with E-state index in [0.29, 0.717) is 82.2 Å². The van der Waals surface area contributed by atoms with Gasteiger partial charge in [0.1, 0.15) is 38.3 Å². The zero-order valence-electron chi connectivity index (χ0n) is 39.4. The number of likely N-dealkylation sites (N-methyl/N-ethyl adjacent to an activating group) is 1. The lowest BCUT2D eigenvalue weighted by Gasteiger charge is -2.21. The highest BCUT2D eigenvalue weighted by Gasteiger charge is 2.24. The number of tetrazole rings is 1. The molecular weight excluding hydrogens is 902 g/mol. The van der Waals surface area contributed by atoms with Crippen molar-refractivity contribution in [2.24, 2.45) is 5.92 Å². The Labute approximate surface area is 401 Å². The number of nitrogens with zero attached hydrogens (tertiary/aromatic N) is 5. The molecule has 5 amide bonds. The molecular formula is C46H66ClN11O10. The van der Waals surface area contributed by atoms with Crippen molar-refractivity contribution < 1.29 is 47.7 Å². The standard InChI is InChI=1S/C46H66ClN11O10/c1-5-7-12-39-53-44(47)38(58(39)27-33-13-15-34(16-14-33)35-10-8-9-11-36(35)45-54-56-57-55-45)26-51-46(63)37(25-32(3)4)52-43(62)31-68-30-42(61)50-18-20-65-22-24-66-23-21-64-19-17-49-41(60)29-67-28-40(59)48-6-2/h8-11,13-16,32,37H,5-7,12,17-31H2,1-4H3,(H,48,59)(H,49,60)(H,50,61)(H,51,63)(H,52,62)(H,54,55,56,57). The number of benzene rings is 2. The number of carbonyl (C=O) groups excluding carboxylic acids is 5. The molecule has 0 aliphatic heterocycles. The second-order valence-electron chi connectivity index (χ2n) is 15.9. The van der Waals surface area contributed by atoms with Gasteiger partial charge in [0.05, 0.1) is 51.9 Å². The van der Waals surface area contributed by atoms with Crippen LogP contribution in [0.5, 0.6) is 0 Å². The molecule has 0 bridgehead atoms. The molecule has 1 atom stereocenters. The number of H-pyrrole nitrogens is 1. The molecule has 2 aromatic heterocycles. The van der Waals surface area contributed by atoms with E-state index in [1.165, 1.54) is 0 Å². The summed E-state index contributed by atoms with van der Waals surface area (Å²) in [6.07, 6.45) is 2.96. The second kappa shape index (κ2) is 31.3. The van der Waals surface area contributed by atoms with Gasteiger partial charge in [-0.2, -0.15) is 5.21 Å². The van der Waals surface area contributed by atoms with Crippen molar-refractivity contribution in [3.05, 3.63) is 70.8 Å². The van der Waals surface area contributed by atoms with Crippen molar-refractivity contribution in [3.8, 4) is 22.5 Å². The number of halogens is 1. The van der Waals surface area contributed by atoms with Crippen LogP contribution in [0, 0.1) is 5.92 Å². The van der Waals surface area contributed by atoms with Gasteiger partial charge in [0, 0.05) is 38.2 Å². The first kappa shape index (κ1) is 54.8. The fraction of sp³-hybridized carbons (Fsp3) is 0.543. The molecule has 22 heteroatoms. The van der Waals surface area contributed by atoms with Crippen molar-refractivity contribution in [3.63, 3.8) is 0 Å². The summed E-state index contributed by atoms with van der Waals surface area (Å²) < 4.78 is 28.7. The molecule has 68 heavy (non-hydrogen) atoms. The number of nitrogens with one attached hydrogen (secondary N) is 6. The van der Waals surface area contributed by atoms with Crippen molar-refractivity contribution in [2.75, 3.05) is 85.7 Å². The highest BCUT2D eigenvalue weighted by atomic mass is 35.5. The first-order chi connectivity index (χ1) is 33.0. The number of hydrogen-bond acceptors (Lipinski definition) is 14. The maximum absolute atomic E-state index is 13.6. The SMILES string of the molecule is CCCCc1nc(Cl)c(CNC(=O)C(CC(C)C)NC(=O)COCC(=O)NCCOCCOCCOCCNC(=O)COCC(=O)NCC)n1Cc1ccc(-c2ccccc2-c2nn[nH]n2)cc1. The maximum atomic E-state index is 13.6. The summed E-state index contributed by atoms with van der Waals surface area (Å²) in [5, 5.41) is 28.4. The quantitative estimate of drug-likeness (QED) is 0.0368. The minimum Gasteiger partial charge on any atom is -0.377 e. The number of imidazole rings is 1. The number of aryl methyl sites for hydroxylation is 1. The minimum atomic E-state index is -0.857. The number of rotatable bonds is 34. The predicted molar refractivity (Wildman–Crippen MR) is 252 cm³/mol. The zero-order valence-corrected chi connectivity index (χ0v) is 40.2. The van der Waals surface area contributed by atoms with E-state index in [1.54, 1.807) is 6.92 Å². The summed E-state index contributed by atoms with van der Waals surface area (Å²) >= 11 is 6.74. The summed E-state index contributed by atoms with van der Waals surface area (Å²) in [6.45, 7) is 10.0. The number of aromatic amines is 1. The van der Waals surface area contributed by atoms with Gasteiger partial charge in [-0.1, -0.05) is 87.3 Å². The molecule has 2 heterocycles. The van der Waals surface area contributed by atoms with Crippen LogP contribution in [0.4, 0.5) is 0 Å². The Balaban J connectivity index is 1.13. The molecule has 0 saturated carbocycles. The smallest absolute Gasteiger partial charge is 0.246 e. The zero-order chi connectivity index (χ0) is 48.9. The molecule has 1 unspecified atom stereocenters. The van der Waals surface area contributed by atoms with E-state index in [2.05, 4.69) is 59.1 Å². The molecule has 0 aliphatic rings. The third kappa shape index (κ3) is 20.2. The van der Waals surface area contributed by atoms with Gasteiger partial charge < -0.3 is 54.8 Å². The molecule has 21 nitrogen and oxygen atoms in total. The second-order valence-corrected chi connectivity index (χ2v) is 16.2. The topological polar surface area (TPSA) is 264 Å². The van der Waals surface area contributed by atoms with Crippen LogP contribution in [0.2, 0.25) is 5.15 Å². The van der Waals surface area contributed by atoms with Gasteiger partial charge in [0.15, 0.2) is 5.15 Å². The van der Waals surface area contributed by atoms with Crippen LogP contribution < -0.4 is 26.6 Å². The van der Waals surface area contributed by atoms with Gasteiger partial charge in [-0.05, 0) is 47.6 Å². The van der Waals surface area contributed by atoms with E-state index in [4.69, 9.17) is 35.3 Å². The lowest BCUT2D eigenvalue weighted by Crippen LogP contribution is -2.48. The third-order valence-corrected chi connectivity index (χ3v) is 10.3. The largest absolute Gasteiger partial charge is 0.377 e. The van der Waals surface area contributed by atoms with Crippen LogP contribution in [0.15, 0.2) is 48.5 Å². The van der Waals surface area contributed by atoms with Crippen molar-refractivity contribution in [1.82, 2.24) is 56.8 Å². The molecule has 372 valence electrons. The van der Waals surface area contributed by atoms with Gasteiger partial charge in [0.2, 0.25) is 35.4 Å². The molecule has 2 aromatic carbocycles. The van der Waals surface area contributed by atoms with E-state index in [-0.39, 0.29) is 63.2 Å². The minimum absolute atomic E-state index is 0.0792. The third-order valence-electron chi connectivity index (χ3n) is 9.95. The Morgan fingerprint density at radius 2 is 1.31 bits per heavy atom. The van der Waals surface area contributed by atoms with Gasteiger partial charge >= 0.3 is 0 Å². The molecule has 0 radical (unpaired) electrons. The highest BCUT2D eigenvalue weighted by molar-refractivity contribution is 6.30. The van der Waals surface area contributed by atoms with E-state index in [1.807, 2.05) is 66.9 Å². The average molecular weight is 969 g/mol. The average Bonchev–Trinajstić information content (AvgIpc) is 3.96. The number of unbranched alkanes of at least 4 members (excludes halogenated alkanes) is 1. The summed E-state index contributed by atoms with van der Waals surface area (Å²) in [6, 6.07) is 15.2. The number of ether oxygens (including phenoxy) is 5. The van der Waals surface area contributed by atoms with Gasteiger partial charge in [-0.25, -0.2) is 4.98 Å². The molecule has 6 N–H and O–H groups in total. The van der Waals surface area contributed by atoms with Crippen molar-refractivity contribution >= 4 is 41.1 Å². The number of aromatic nitrogens is 6. The first-order valence-corrected chi connectivity index (χ1v) is 23.3. The van der Waals surface area contributed by atoms with E-state index >= 15 is 0 Å². The summed E-state index contributed by atoms with van der Waals surface area (Å²) in [5.74, 6) is -0.570. The Morgan fingerprint density at radius 3 is 1.88 bits per heavy atom. The summed E-state index contributed by atoms with van der Waals surface area (Å²) in [5.41, 5.74) is 4.48. The monoisotopic (exact) mass is 967 g/mol. The summed E-state index contributed by atoms with van der Waals surface area (Å²) in [4.78, 5) is 66.5. The normalized spacial score (nSPS) is 11.6. The number of hydrogen-bond donors (Lipinski definition) is 6. The van der Waals surface area contributed by atoms with Crippen LogP contribution in [-0.2, 0) is 67.2 Å². The van der Waals surface area contributed by atoms with Gasteiger partial charge in [-0.15, -0.1) is 10.2 Å².